The van der Waals surface area contributed by atoms with Gasteiger partial charge in [0.1, 0.15) is 0 Å². The van der Waals surface area contributed by atoms with Gasteiger partial charge in [-0.2, -0.15) is 0 Å². The van der Waals surface area contributed by atoms with E-state index in [0.717, 1.165) is 22.7 Å². The average molecular weight is 274 g/mol. The minimum Gasteiger partial charge on any atom is -0.356 e. The topological polar surface area (TPSA) is 24.1 Å². The van der Waals surface area contributed by atoms with E-state index < -0.39 is 0 Å². The van der Waals surface area contributed by atoms with Gasteiger partial charge in [0.25, 0.3) is 0 Å². The van der Waals surface area contributed by atoms with Crippen molar-refractivity contribution in [2.45, 2.75) is 6.92 Å². The van der Waals surface area contributed by atoms with E-state index in [4.69, 9.17) is 0 Å². The zero-order chi connectivity index (χ0) is 14.5. The number of aryl methyl sites for hydroxylation is 1. The molecule has 0 aromatic heterocycles. The highest BCUT2D eigenvalue weighted by molar-refractivity contribution is 5.65. The van der Waals surface area contributed by atoms with Crippen molar-refractivity contribution < 1.29 is 0 Å². The van der Waals surface area contributed by atoms with Crippen LogP contribution in [0.15, 0.2) is 78.9 Å². The first kappa shape index (κ1) is 13.3. The molecule has 2 nitrogen and oxygen atoms in total. The van der Waals surface area contributed by atoms with Gasteiger partial charge in [0.2, 0.25) is 0 Å². The van der Waals surface area contributed by atoms with Crippen LogP contribution in [0.1, 0.15) is 5.56 Å². The summed E-state index contributed by atoms with van der Waals surface area (Å²) in [5, 5.41) is 6.77. The first-order valence-corrected chi connectivity index (χ1v) is 7.05. The Kier molecular flexibility index (Phi) is 3.88. The molecule has 0 spiro atoms. The fraction of sp³-hybridized carbons (Fsp3) is 0.0526. The summed E-state index contributed by atoms with van der Waals surface area (Å²) in [5.74, 6) is 0. The van der Waals surface area contributed by atoms with Crippen LogP contribution < -0.4 is 10.6 Å². The molecule has 0 fully saturated rings. The van der Waals surface area contributed by atoms with Crippen LogP contribution in [0.4, 0.5) is 22.7 Å². The second-order valence-electron chi connectivity index (χ2n) is 5.06. The molecule has 0 radical (unpaired) electrons. The molecule has 0 amide bonds. The molecule has 0 bridgehead atoms. The molecule has 104 valence electrons. The van der Waals surface area contributed by atoms with Crippen LogP contribution in [0.5, 0.6) is 0 Å². The molecule has 3 rings (SSSR count). The fourth-order valence-corrected chi connectivity index (χ4v) is 2.13. The third kappa shape index (κ3) is 3.63. The van der Waals surface area contributed by atoms with E-state index in [-0.39, 0.29) is 0 Å². The van der Waals surface area contributed by atoms with E-state index in [1.54, 1.807) is 0 Å². The highest BCUT2D eigenvalue weighted by Crippen LogP contribution is 2.21. The van der Waals surface area contributed by atoms with Crippen LogP contribution in [0.2, 0.25) is 0 Å². The van der Waals surface area contributed by atoms with Crippen molar-refractivity contribution in [3.05, 3.63) is 84.4 Å². The van der Waals surface area contributed by atoms with Crippen molar-refractivity contribution in [1.82, 2.24) is 0 Å². The highest BCUT2D eigenvalue weighted by Gasteiger charge is 1.97. The Bertz CT molecular complexity index is 686. The van der Waals surface area contributed by atoms with E-state index in [2.05, 4.69) is 78.2 Å². The molecule has 0 atom stereocenters. The molecule has 0 saturated heterocycles. The fourth-order valence-electron chi connectivity index (χ4n) is 2.13. The lowest BCUT2D eigenvalue weighted by Crippen LogP contribution is -1.92. The van der Waals surface area contributed by atoms with Gasteiger partial charge in [-0.05, 0) is 55.5 Å². The van der Waals surface area contributed by atoms with Crippen LogP contribution in [0.3, 0.4) is 0 Å². The van der Waals surface area contributed by atoms with Gasteiger partial charge in [0.05, 0.1) is 0 Å². The molecule has 2 N–H and O–H groups in total. The lowest BCUT2D eigenvalue weighted by molar-refractivity contribution is 1.45. The summed E-state index contributed by atoms with van der Waals surface area (Å²) in [5.41, 5.74) is 5.62. The Balaban J connectivity index is 1.68. The third-order valence-electron chi connectivity index (χ3n) is 3.29. The Morgan fingerprint density at radius 1 is 0.476 bits per heavy atom. The lowest BCUT2D eigenvalue weighted by Gasteiger charge is -2.09. The summed E-state index contributed by atoms with van der Waals surface area (Å²) >= 11 is 0. The highest BCUT2D eigenvalue weighted by atomic mass is 14.9. The van der Waals surface area contributed by atoms with E-state index in [1.165, 1.54) is 5.56 Å². The van der Waals surface area contributed by atoms with Gasteiger partial charge >= 0.3 is 0 Å². The normalized spacial score (nSPS) is 10.1. The van der Waals surface area contributed by atoms with E-state index in [0.29, 0.717) is 0 Å². The van der Waals surface area contributed by atoms with Gasteiger partial charge in [0, 0.05) is 22.7 Å². The molecule has 0 heterocycles. The number of hydrogen-bond acceptors (Lipinski definition) is 2. The number of rotatable bonds is 4. The lowest BCUT2D eigenvalue weighted by atomic mass is 10.2. The minimum atomic E-state index is 1.08. The molecule has 2 heteroatoms. The van der Waals surface area contributed by atoms with Crippen molar-refractivity contribution in [2.24, 2.45) is 0 Å². The molecular weight excluding hydrogens is 256 g/mol. The maximum absolute atomic E-state index is 3.39. The zero-order valence-corrected chi connectivity index (χ0v) is 12.0. The SMILES string of the molecule is Cc1ccc(Nc2ccc(Nc3ccccc3)cc2)cc1. The van der Waals surface area contributed by atoms with Gasteiger partial charge in [-0.25, -0.2) is 0 Å². The Hall–Kier alpha value is -2.74. The molecule has 0 aliphatic carbocycles. The van der Waals surface area contributed by atoms with Gasteiger partial charge in [-0.1, -0.05) is 35.9 Å². The van der Waals surface area contributed by atoms with Crippen molar-refractivity contribution in [3.63, 3.8) is 0 Å². The molecule has 3 aromatic rings. The van der Waals surface area contributed by atoms with E-state index >= 15 is 0 Å². The van der Waals surface area contributed by atoms with Crippen molar-refractivity contribution >= 4 is 22.7 Å². The van der Waals surface area contributed by atoms with Gasteiger partial charge in [-0.3, -0.25) is 0 Å². The van der Waals surface area contributed by atoms with Crippen LogP contribution in [0.25, 0.3) is 0 Å². The molecular formula is C19H18N2. The molecule has 0 aliphatic heterocycles. The summed E-state index contributed by atoms with van der Waals surface area (Å²) < 4.78 is 0. The van der Waals surface area contributed by atoms with Crippen LogP contribution in [-0.2, 0) is 0 Å². The molecule has 21 heavy (non-hydrogen) atoms. The number of anilines is 4. The van der Waals surface area contributed by atoms with E-state index in [1.807, 2.05) is 18.2 Å². The van der Waals surface area contributed by atoms with Gasteiger partial charge < -0.3 is 10.6 Å². The molecule has 0 saturated carbocycles. The van der Waals surface area contributed by atoms with Crippen molar-refractivity contribution in [3.8, 4) is 0 Å². The summed E-state index contributed by atoms with van der Waals surface area (Å²) in [6, 6.07) is 26.9. The summed E-state index contributed by atoms with van der Waals surface area (Å²) in [7, 11) is 0. The number of benzene rings is 3. The molecule has 0 aliphatic rings. The molecule has 0 unspecified atom stereocenters. The third-order valence-corrected chi connectivity index (χ3v) is 3.29. The van der Waals surface area contributed by atoms with Crippen molar-refractivity contribution in [1.29, 1.82) is 0 Å². The number of para-hydroxylation sites is 1. The minimum absolute atomic E-state index is 1.08. The van der Waals surface area contributed by atoms with Crippen molar-refractivity contribution in [2.75, 3.05) is 10.6 Å². The summed E-state index contributed by atoms with van der Waals surface area (Å²) in [6.45, 7) is 2.09. The van der Waals surface area contributed by atoms with Gasteiger partial charge in [0.15, 0.2) is 0 Å². The summed E-state index contributed by atoms with van der Waals surface area (Å²) in [6.07, 6.45) is 0. The van der Waals surface area contributed by atoms with Crippen LogP contribution in [-0.4, -0.2) is 0 Å². The standard InChI is InChI=1S/C19H18N2/c1-15-7-9-17(10-8-15)21-19-13-11-18(12-14-19)20-16-5-3-2-4-6-16/h2-14,20-21H,1H3. The maximum atomic E-state index is 3.39. The quantitative estimate of drug-likeness (QED) is 0.658. The predicted octanol–water partition coefficient (Wildman–Crippen LogP) is 5.48. The second-order valence-corrected chi connectivity index (χ2v) is 5.06. The van der Waals surface area contributed by atoms with Crippen LogP contribution >= 0.6 is 0 Å². The van der Waals surface area contributed by atoms with Gasteiger partial charge in [-0.15, -0.1) is 0 Å². The maximum Gasteiger partial charge on any atom is 0.0385 e. The monoisotopic (exact) mass is 274 g/mol. The second kappa shape index (κ2) is 6.14. The number of hydrogen-bond donors (Lipinski definition) is 2. The first-order valence-electron chi connectivity index (χ1n) is 7.05. The van der Waals surface area contributed by atoms with E-state index in [9.17, 15) is 0 Å². The summed E-state index contributed by atoms with van der Waals surface area (Å²) in [4.78, 5) is 0. The Labute approximate surface area is 125 Å². The predicted molar refractivity (Wildman–Crippen MR) is 90.6 cm³/mol. The number of nitrogens with one attached hydrogen (secondary N) is 2. The Morgan fingerprint density at radius 2 is 0.857 bits per heavy atom. The largest absolute Gasteiger partial charge is 0.356 e. The average Bonchev–Trinajstić information content (AvgIpc) is 2.53. The first-order chi connectivity index (χ1) is 10.3. The smallest absolute Gasteiger partial charge is 0.0385 e. The van der Waals surface area contributed by atoms with Crippen LogP contribution in [0, 0.1) is 6.92 Å². The Morgan fingerprint density at radius 3 is 1.33 bits per heavy atom. The zero-order valence-electron chi connectivity index (χ0n) is 12.0. The molecule has 3 aromatic carbocycles.